The number of hydrogen-bond donors (Lipinski definition) is 0. The number of ether oxygens (including phenoxy) is 1. The molecule has 0 aliphatic heterocycles. The molecule has 1 aromatic rings. The van der Waals surface area contributed by atoms with Gasteiger partial charge in [-0.1, -0.05) is 57.6 Å². The van der Waals surface area contributed by atoms with Gasteiger partial charge in [0.2, 0.25) is 0 Å². The molecule has 1 rings (SSSR count). The van der Waals surface area contributed by atoms with Gasteiger partial charge in [0.1, 0.15) is 0 Å². The van der Waals surface area contributed by atoms with E-state index in [1.54, 1.807) is 18.2 Å². The fourth-order valence-electron chi connectivity index (χ4n) is 1.80. The molecule has 1 nitrogen and oxygen atoms in total. The molecule has 0 atom stereocenters. The molecule has 0 radical (unpaired) electrons. The van der Waals surface area contributed by atoms with E-state index in [2.05, 4.69) is 6.92 Å². The highest BCUT2D eigenvalue weighted by Crippen LogP contribution is 2.16. The third kappa shape index (κ3) is 6.30. The molecule has 0 amide bonds. The first-order chi connectivity index (χ1) is 8.34. The van der Waals surface area contributed by atoms with Crippen LogP contribution < -0.4 is 4.74 Å². The van der Waals surface area contributed by atoms with Crippen LogP contribution in [0.1, 0.15) is 51.9 Å². The van der Waals surface area contributed by atoms with Crippen LogP contribution >= 0.6 is 0 Å². The molecule has 17 heavy (non-hydrogen) atoms. The summed E-state index contributed by atoms with van der Waals surface area (Å²) in [7, 11) is 0. The highest BCUT2D eigenvalue weighted by molar-refractivity contribution is 5.23. The topological polar surface area (TPSA) is 9.23 Å². The summed E-state index contributed by atoms with van der Waals surface area (Å²) in [6.07, 6.45) is 8.74. The van der Waals surface area contributed by atoms with E-state index in [9.17, 15) is 4.39 Å². The van der Waals surface area contributed by atoms with Crippen LogP contribution in [0.2, 0.25) is 0 Å². The van der Waals surface area contributed by atoms with Gasteiger partial charge in [-0.2, -0.15) is 0 Å². The quantitative estimate of drug-likeness (QED) is 0.553. The van der Waals surface area contributed by atoms with Crippen molar-refractivity contribution in [2.45, 2.75) is 51.9 Å². The SMILES string of the molecule is CCCCCCCCCOc1ccccc1F. The molecule has 0 N–H and O–H groups in total. The fraction of sp³-hybridized carbons (Fsp3) is 0.600. The van der Waals surface area contributed by atoms with Crippen molar-refractivity contribution in [2.24, 2.45) is 0 Å². The Hall–Kier alpha value is -1.05. The molecule has 0 bridgehead atoms. The minimum absolute atomic E-state index is 0.268. The van der Waals surface area contributed by atoms with Crippen molar-refractivity contribution in [3.63, 3.8) is 0 Å². The monoisotopic (exact) mass is 238 g/mol. The molecular weight excluding hydrogens is 215 g/mol. The highest BCUT2D eigenvalue weighted by atomic mass is 19.1. The maximum atomic E-state index is 13.2. The van der Waals surface area contributed by atoms with Crippen molar-refractivity contribution in [1.29, 1.82) is 0 Å². The lowest BCUT2D eigenvalue weighted by atomic mass is 10.1. The molecular formula is C15H23FO. The molecule has 0 unspecified atom stereocenters. The van der Waals surface area contributed by atoms with Gasteiger partial charge in [0.05, 0.1) is 6.61 Å². The van der Waals surface area contributed by atoms with Crippen LogP contribution in [-0.2, 0) is 0 Å². The second kappa shape index (κ2) is 9.03. The number of rotatable bonds is 9. The third-order valence-electron chi connectivity index (χ3n) is 2.84. The van der Waals surface area contributed by atoms with Gasteiger partial charge in [-0.05, 0) is 18.6 Å². The maximum Gasteiger partial charge on any atom is 0.165 e. The Morgan fingerprint density at radius 3 is 2.29 bits per heavy atom. The number of benzene rings is 1. The summed E-state index contributed by atoms with van der Waals surface area (Å²) >= 11 is 0. The molecule has 96 valence electrons. The first kappa shape index (κ1) is 14.0. The van der Waals surface area contributed by atoms with Gasteiger partial charge in [0, 0.05) is 0 Å². The van der Waals surface area contributed by atoms with E-state index in [0.717, 1.165) is 6.42 Å². The van der Waals surface area contributed by atoms with Crippen LogP contribution in [0.4, 0.5) is 4.39 Å². The molecule has 1 aromatic carbocycles. The summed E-state index contributed by atoms with van der Waals surface area (Å²) in [4.78, 5) is 0. The summed E-state index contributed by atoms with van der Waals surface area (Å²) in [5, 5.41) is 0. The Balaban J connectivity index is 1.99. The highest BCUT2D eigenvalue weighted by Gasteiger charge is 2.00. The zero-order chi connectivity index (χ0) is 12.3. The van der Waals surface area contributed by atoms with Crippen molar-refractivity contribution in [3.05, 3.63) is 30.1 Å². The Bertz CT molecular complexity index is 299. The van der Waals surface area contributed by atoms with Gasteiger partial charge in [0.15, 0.2) is 11.6 Å². The lowest BCUT2D eigenvalue weighted by Gasteiger charge is -2.06. The van der Waals surface area contributed by atoms with Crippen LogP contribution in [0, 0.1) is 5.82 Å². The van der Waals surface area contributed by atoms with E-state index in [4.69, 9.17) is 4.74 Å². The van der Waals surface area contributed by atoms with E-state index < -0.39 is 0 Å². The van der Waals surface area contributed by atoms with Crippen molar-refractivity contribution < 1.29 is 9.13 Å². The van der Waals surface area contributed by atoms with Crippen molar-refractivity contribution in [3.8, 4) is 5.75 Å². The summed E-state index contributed by atoms with van der Waals surface area (Å²) in [5.74, 6) is 0.105. The summed E-state index contributed by atoms with van der Waals surface area (Å²) in [6.45, 7) is 2.84. The van der Waals surface area contributed by atoms with Crippen LogP contribution in [0.5, 0.6) is 5.75 Å². The molecule has 0 aliphatic carbocycles. The minimum atomic E-state index is -0.268. The molecule has 0 saturated heterocycles. The first-order valence-corrected chi connectivity index (χ1v) is 6.72. The Kier molecular flexibility index (Phi) is 7.44. The van der Waals surface area contributed by atoms with E-state index >= 15 is 0 Å². The fourth-order valence-corrected chi connectivity index (χ4v) is 1.80. The van der Waals surface area contributed by atoms with Crippen LogP contribution in [0.15, 0.2) is 24.3 Å². The van der Waals surface area contributed by atoms with Crippen LogP contribution in [0.3, 0.4) is 0 Å². The standard InChI is InChI=1S/C15H23FO/c1-2-3-4-5-6-7-10-13-17-15-12-9-8-11-14(15)16/h8-9,11-12H,2-7,10,13H2,1H3. The third-order valence-corrected chi connectivity index (χ3v) is 2.84. The van der Waals surface area contributed by atoms with Crippen LogP contribution in [0.25, 0.3) is 0 Å². The molecule has 2 heteroatoms. The van der Waals surface area contributed by atoms with Gasteiger partial charge in [-0.3, -0.25) is 0 Å². The average molecular weight is 238 g/mol. The zero-order valence-electron chi connectivity index (χ0n) is 10.8. The first-order valence-electron chi connectivity index (χ1n) is 6.72. The predicted molar refractivity (Wildman–Crippen MR) is 69.9 cm³/mol. The molecule has 0 fully saturated rings. The molecule has 0 heterocycles. The smallest absolute Gasteiger partial charge is 0.165 e. The van der Waals surface area contributed by atoms with Crippen molar-refractivity contribution in [2.75, 3.05) is 6.61 Å². The maximum absolute atomic E-state index is 13.2. The minimum Gasteiger partial charge on any atom is -0.491 e. The lowest BCUT2D eigenvalue weighted by molar-refractivity contribution is 0.290. The van der Waals surface area contributed by atoms with Crippen molar-refractivity contribution >= 4 is 0 Å². The molecule has 0 aromatic heterocycles. The Labute approximate surface area is 104 Å². The van der Waals surface area contributed by atoms with E-state index in [0.29, 0.717) is 12.4 Å². The van der Waals surface area contributed by atoms with Crippen LogP contribution in [-0.4, -0.2) is 6.61 Å². The normalized spacial score (nSPS) is 10.5. The molecule has 0 aliphatic rings. The number of halogens is 1. The van der Waals surface area contributed by atoms with Gasteiger partial charge in [-0.25, -0.2) is 4.39 Å². The second-order valence-corrected chi connectivity index (χ2v) is 4.40. The van der Waals surface area contributed by atoms with E-state index in [-0.39, 0.29) is 5.82 Å². The Morgan fingerprint density at radius 1 is 0.941 bits per heavy atom. The summed E-state index contributed by atoms with van der Waals surface area (Å²) in [6, 6.07) is 6.58. The van der Waals surface area contributed by atoms with Crippen molar-refractivity contribution in [1.82, 2.24) is 0 Å². The molecule has 0 saturated carbocycles. The zero-order valence-corrected chi connectivity index (χ0v) is 10.8. The summed E-state index contributed by atoms with van der Waals surface area (Å²) in [5.41, 5.74) is 0. The van der Waals surface area contributed by atoms with Gasteiger partial charge in [0.25, 0.3) is 0 Å². The Morgan fingerprint density at radius 2 is 1.59 bits per heavy atom. The predicted octanol–water partition coefficient (Wildman–Crippen LogP) is 4.96. The van der Waals surface area contributed by atoms with Gasteiger partial charge < -0.3 is 4.74 Å². The lowest BCUT2D eigenvalue weighted by Crippen LogP contribution is -1.98. The molecule has 0 spiro atoms. The average Bonchev–Trinajstić information content (AvgIpc) is 2.35. The van der Waals surface area contributed by atoms with Gasteiger partial charge in [-0.15, -0.1) is 0 Å². The second-order valence-electron chi connectivity index (χ2n) is 4.40. The summed E-state index contributed by atoms with van der Waals surface area (Å²) < 4.78 is 18.6. The van der Waals surface area contributed by atoms with E-state index in [1.165, 1.54) is 44.6 Å². The number of unbranched alkanes of at least 4 members (excludes halogenated alkanes) is 6. The van der Waals surface area contributed by atoms with E-state index in [1.807, 2.05) is 0 Å². The largest absolute Gasteiger partial charge is 0.491 e. The number of para-hydroxylation sites is 1. The number of hydrogen-bond acceptors (Lipinski definition) is 1. The van der Waals surface area contributed by atoms with Gasteiger partial charge >= 0.3 is 0 Å².